The minimum atomic E-state index is 0.656. The standard InChI is InChI=1S/C9H22N2/c1-5-11(7-6-10)9(4)8(2)3/h8-9H,5-7,10H2,1-4H3. The van der Waals surface area contributed by atoms with Crippen molar-refractivity contribution in [1.29, 1.82) is 0 Å². The molecule has 0 radical (unpaired) electrons. The monoisotopic (exact) mass is 158 g/mol. The van der Waals surface area contributed by atoms with Crippen molar-refractivity contribution in [3.63, 3.8) is 0 Å². The summed E-state index contributed by atoms with van der Waals surface area (Å²) in [5.74, 6) is 0.724. The molecule has 0 bridgehead atoms. The maximum Gasteiger partial charge on any atom is 0.0107 e. The van der Waals surface area contributed by atoms with E-state index >= 15 is 0 Å². The summed E-state index contributed by atoms with van der Waals surface area (Å²) in [5, 5.41) is 0. The number of hydrogen-bond acceptors (Lipinski definition) is 2. The van der Waals surface area contributed by atoms with Crippen LogP contribution in [-0.2, 0) is 0 Å². The summed E-state index contributed by atoms with van der Waals surface area (Å²) in [6.07, 6.45) is 0. The van der Waals surface area contributed by atoms with Gasteiger partial charge in [-0.25, -0.2) is 0 Å². The summed E-state index contributed by atoms with van der Waals surface area (Å²) >= 11 is 0. The molecule has 0 aromatic rings. The smallest absolute Gasteiger partial charge is 0.0107 e. The third-order valence-electron chi connectivity index (χ3n) is 2.36. The molecule has 2 nitrogen and oxygen atoms in total. The van der Waals surface area contributed by atoms with Gasteiger partial charge in [0.2, 0.25) is 0 Å². The van der Waals surface area contributed by atoms with E-state index in [1.165, 1.54) is 0 Å². The van der Waals surface area contributed by atoms with Gasteiger partial charge in [0.15, 0.2) is 0 Å². The molecule has 0 amide bonds. The summed E-state index contributed by atoms with van der Waals surface area (Å²) in [7, 11) is 0. The van der Waals surface area contributed by atoms with Gasteiger partial charge in [-0.2, -0.15) is 0 Å². The summed E-state index contributed by atoms with van der Waals surface area (Å²) in [4.78, 5) is 2.42. The van der Waals surface area contributed by atoms with Crippen LogP contribution in [-0.4, -0.2) is 30.6 Å². The second kappa shape index (κ2) is 5.56. The molecule has 2 heteroatoms. The predicted octanol–water partition coefficient (Wildman–Crippen LogP) is 1.31. The van der Waals surface area contributed by atoms with E-state index in [9.17, 15) is 0 Å². The van der Waals surface area contributed by atoms with Crippen LogP contribution in [0, 0.1) is 5.92 Å². The summed E-state index contributed by atoms with van der Waals surface area (Å²) < 4.78 is 0. The number of nitrogens with two attached hydrogens (primary N) is 1. The highest BCUT2D eigenvalue weighted by Gasteiger charge is 2.13. The maximum atomic E-state index is 5.50. The van der Waals surface area contributed by atoms with E-state index in [2.05, 4.69) is 32.6 Å². The molecule has 0 aromatic heterocycles. The molecule has 0 aromatic carbocycles. The van der Waals surface area contributed by atoms with Crippen LogP contribution in [0.25, 0.3) is 0 Å². The number of likely N-dealkylation sites (N-methyl/N-ethyl adjacent to an activating group) is 1. The first kappa shape index (κ1) is 10.9. The Morgan fingerprint density at radius 3 is 2.09 bits per heavy atom. The Morgan fingerprint density at radius 1 is 1.27 bits per heavy atom. The van der Waals surface area contributed by atoms with Crippen molar-refractivity contribution < 1.29 is 0 Å². The molecule has 0 aliphatic heterocycles. The van der Waals surface area contributed by atoms with Crippen molar-refractivity contribution in [1.82, 2.24) is 4.90 Å². The first-order valence-electron chi connectivity index (χ1n) is 4.57. The van der Waals surface area contributed by atoms with Crippen molar-refractivity contribution in [2.75, 3.05) is 19.6 Å². The van der Waals surface area contributed by atoms with Crippen LogP contribution >= 0.6 is 0 Å². The molecular weight excluding hydrogens is 136 g/mol. The normalized spacial score (nSPS) is 14.5. The fourth-order valence-electron chi connectivity index (χ4n) is 1.24. The molecule has 0 spiro atoms. The van der Waals surface area contributed by atoms with Crippen LogP contribution in [0.5, 0.6) is 0 Å². The Kier molecular flexibility index (Phi) is 5.51. The predicted molar refractivity (Wildman–Crippen MR) is 50.6 cm³/mol. The number of hydrogen-bond donors (Lipinski definition) is 1. The minimum Gasteiger partial charge on any atom is -0.329 e. The molecule has 0 saturated heterocycles. The number of rotatable bonds is 5. The van der Waals surface area contributed by atoms with E-state index in [-0.39, 0.29) is 0 Å². The summed E-state index contributed by atoms with van der Waals surface area (Å²) in [5.41, 5.74) is 5.50. The molecule has 0 rings (SSSR count). The van der Waals surface area contributed by atoms with Gasteiger partial charge in [0.05, 0.1) is 0 Å². The SMILES string of the molecule is CCN(CCN)C(C)C(C)C. The Labute approximate surface area is 70.8 Å². The molecule has 2 N–H and O–H groups in total. The Bertz CT molecular complexity index is 91.6. The third-order valence-corrected chi connectivity index (χ3v) is 2.36. The molecule has 0 heterocycles. The van der Waals surface area contributed by atoms with Gasteiger partial charge in [0.1, 0.15) is 0 Å². The molecule has 0 aliphatic rings. The van der Waals surface area contributed by atoms with E-state index in [4.69, 9.17) is 5.73 Å². The van der Waals surface area contributed by atoms with E-state index in [0.717, 1.165) is 25.6 Å². The number of nitrogens with zero attached hydrogens (tertiary/aromatic N) is 1. The van der Waals surface area contributed by atoms with Crippen molar-refractivity contribution >= 4 is 0 Å². The average molecular weight is 158 g/mol. The summed E-state index contributed by atoms with van der Waals surface area (Å²) in [6, 6.07) is 0.656. The third kappa shape index (κ3) is 3.73. The highest BCUT2D eigenvalue weighted by molar-refractivity contribution is 4.68. The minimum absolute atomic E-state index is 0.656. The van der Waals surface area contributed by atoms with Gasteiger partial charge in [0.25, 0.3) is 0 Å². The van der Waals surface area contributed by atoms with Crippen LogP contribution in [0.15, 0.2) is 0 Å². The molecule has 11 heavy (non-hydrogen) atoms. The van der Waals surface area contributed by atoms with Gasteiger partial charge in [-0.3, -0.25) is 4.90 Å². The van der Waals surface area contributed by atoms with Crippen LogP contribution in [0.4, 0.5) is 0 Å². The molecule has 0 saturated carbocycles. The Morgan fingerprint density at radius 2 is 1.82 bits per heavy atom. The zero-order valence-corrected chi connectivity index (χ0v) is 8.30. The summed E-state index contributed by atoms with van der Waals surface area (Å²) in [6.45, 7) is 11.9. The van der Waals surface area contributed by atoms with Crippen molar-refractivity contribution in [3.8, 4) is 0 Å². The highest BCUT2D eigenvalue weighted by atomic mass is 15.1. The highest BCUT2D eigenvalue weighted by Crippen LogP contribution is 2.08. The van der Waals surface area contributed by atoms with Crippen LogP contribution in [0.1, 0.15) is 27.7 Å². The molecule has 1 atom stereocenters. The second-order valence-electron chi connectivity index (χ2n) is 3.40. The van der Waals surface area contributed by atoms with E-state index in [1.54, 1.807) is 0 Å². The van der Waals surface area contributed by atoms with Gasteiger partial charge >= 0.3 is 0 Å². The maximum absolute atomic E-state index is 5.50. The first-order chi connectivity index (χ1) is 5.13. The quantitative estimate of drug-likeness (QED) is 0.653. The van der Waals surface area contributed by atoms with Crippen LogP contribution in [0.3, 0.4) is 0 Å². The van der Waals surface area contributed by atoms with Gasteiger partial charge in [-0.15, -0.1) is 0 Å². The molecule has 0 aliphatic carbocycles. The van der Waals surface area contributed by atoms with E-state index < -0.39 is 0 Å². The lowest BCUT2D eigenvalue weighted by Gasteiger charge is -2.30. The lowest BCUT2D eigenvalue weighted by molar-refractivity contribution is 0.182. The molecular formula is C9H22N2. The van der Waals surface area contributed by atoms with Gasteiger partial charge in [0, 0.05) is 19.1 Å². The van der Waals surface area contributed by atoms with Gasteiger partial charge in [-0.1, -0.05) is 20.8 Å². The van der Waals surface area contributed by atoms with Gasteiger partial charge < -0.3 is 5.73 Å². The Balaban J connectivity index is 3.81. The van der Waals surface area contributed by atoms with Crippen molar-refractivity contribution in [2.24, 2.45) is 11.7 Å². The fourth-order valence-corrected chi connectivity index (χ4v) is 1.24. The van der Waals surface area contributed by atoms with Gasteiger partial charge in [-0.05, 0) is 19.4 Å². The average Bonchev–Trinajstić information content (AvgIpc) is 1.98. The fraction of sp³-hybridized carbons (Fsp3) is 1.00. The van der Waals surface area contributed by atoms with E-state index in [1.807, 2.05) is 0 Å². The first-order valence-corrected chi connectivity index (χ1v) is 4.57. The van der Waals surface area contributed by atoms with E-state index in [0.29, 0.717) is 6.04 Å². The molecule has 0 fully saturated rings. The topological polar surface area (TPSA) is 29.3 Å². The van der Waals surface area contributed by atoms with Crippen molar-refractivity contribution in [3.05, 3.63) is 0 Å². The zero-order chi connectivity index (χ0) is 8.85. The van der Waals surface area contributed by atoms with Crippen LogP contribution in [0.2, 0.25) is 0 Å². The zero-order valence-electron chi connectivity index (χ0n) is 8.30. The second-order valence-corrected chi connectivity index (χ2v) is 3.40. The lowest BCUT2D eigenvalue weighted by atomic mass is 10.0. The Hall–Kier alpha value is -0.0800. The van der Waals surface area contributed by atoms with Crippen molar-refractivity contribution in [2.45, 2.75) is 33.7 Å². The van der Waals surface area contributed by atoms with Crippen LogP contribution < -0.4 is 5.73 Å². The lowest BCUT2D eigenvalue weighted by Crippen LogP contribution is -2.39. The molecule has 68 valence electrons. The molecule has 1 unspecified atom stereocenters. The largest absolute Gasteiger partial charge is 0.329 e.